The average Bonchev–Trinajstić information content (AvgIpc) is 3.93. The second-order valence-electron chi connectivity index (χ2n) is 15.7. The zero-order valence-corrected chi connectivity index (χ0v) is 36.9. The Kier molecular flexibility index (Phi) is 9.01. The number of para-hydroxylation sites is 3. The third-order valence-electron chi connectivity index (χ3n) is 11.2. The molecule has 0 spiro atoms. The molecule has 0 aliphatic carbocycles. The molecular weight excluding hydrogens is 937 g/mol. The van der Waals surface area contributed by atoms with Crippen LogP contribution in [-0.2, 0) is 27.1 Å². The number of nitrogens with zero attached hydrogens (tertiary/aromatic N) is 4. The Balaban J connectivity index is 0.000000282. The standard InChI is InChI=1S/C42H35N2O.C14H11N2.Ir/c1-24(2)32-12-9-13-33(25(3)4)40(32)36-21-37(44-23-27(36)6)34-18-14-26(5)38-35-19-17-31(22-43)39(42(35)45-41(34)38)30-16-15-28-10-7-8-11-29(28)20-30;1-15-11-16(12-7-3-2-4-8-12)14-10-6-5-9-13(14)15;/h7-17,19-21,23-25H,1-6H3;2-7,9-10H,1H3;/q2*-1;+3/i5D3,6D3;1D3;. The Morgan fingerprint density at radius 3 is 2.24 bits per heavy atom. The molecule has 0 amide bonds. The number of imidazole rings is 1. The predicted molar refractivity (Wildman–Crippen MR) is 249 cm³/mol. The zero-order chi connectivity index (χ0) is 49.9. The number of furan rings is 1. The van der Waals surface area contributed by atoms with Crippen LogP contribution in [0.5, 0.6) is 0 Å². The Hall–Kier alpha value is -6.64. The van der Waals surface area contributed by atoms with Gasteiger partial charge in [-0.25, -0.2) is 0 Å². The van der Waals surface area contributed by atoms with Crippen molar-refractivity contribution in [2.24, 2.45) is 6.98 Å². The van der Waals surface area contributed by atoms with Crippen LogP contribution in [0.3, 0.4) is 0 Å². The number of nitriles is 1. The molecule has 0 saturated heterocycles. The van der Waals surface area contributed by atoms with Crippen molar-refractivity contribution in [3.63, 3.8) is 0 Å². The van der Waals surface area contributed by atoms with Crippen LogP contribution in [0.4, 0.5) is 0 Å². The Labute approximate surface area is 389 Å². The SMILES string of the molecule is [2H]C([2H])([2H])[n+]1[c-]n(-c2[c-]cccc2)c2ccccc21.[2H]C([2H])([2H])c1cnc(-c2[c-]cc(C([2H])([2H])[2H])c3c2oc2c(-c4ccc5ccccc5c4)c(C#N)ccc23)cc1-c1c(C(C)C)cccc1C(C)C.[Ir+3]. The monoisotopic (exact) mass is 992 g/mol. The molecule has 0 aliphatic heterocycles. The van der Waals surface area contributed by atoms with Gasteiger partial charge in [0.05, 0.1) is 39.3 Å². The molecule has 62 heavy (non-hydrogen) atoms. The van der Waals surface area contributed by atoms with Gasteiger partial charge in [0.15, 0.2) is 0 Å². The molecule has 0 radical (unpaired) electrons. The maximum absolute atomic E-state index is 10.3. The van der Waals surface area contributed by atoms with Crippen LogP contribution >= 0.6 is 0 Å². The Morgan fingerprint density at radius 2 is 1.52 bits per heavy atom. The Morgan fingerprint density at radius 1 is 0.758 bits per heavy atom. The van der Waals surface area contributed by atoms with Crippen molar-refractivity contribution in [3.8, 4) is 45.3 Å². The summed E-state index contributed by atoms with van der Waals surface area (Å²) in [6.45, 7) is 1.13. The fourth-order valence-corrected chi connectivity index (χ4v) is 8.22. The van der Waals surface area contributed by atoms with E-state index in [-0.39, 0.29) is 48.7 Å². The summed E-state index contributed by atoms with van der Waals surface area (Å²) < 4.78 is 83.0. The summed E-state index contributed by atoms with van der Waals surface area (Å²) in [6.07, 6.45) is 4.28. The summed E-state index contributed by atoms with van der Waals surface area (Å²) in [7, 11) is 0. The molecule has 304 valence electrons. The zero-order valence-electron chi connectivity index (χ0n) is 43.5. The van der Waals surface area contributed by atoms with E-state index in [9.17, 15) is 5.26 Å². The molecule has 3 aromatic heterocycles. The molecule has 7 aromatic carbocycles. The fourth-order valence-electron chi connectivity index (χ4n) is 8.22. The number of aryl methyl sites for hydroxylation is 3. The number of benzene rings is 7. The molecule has 6 heteroatoms. The molecule has 3 heterocycles. The first-order chi connectivity index (χ1) is 33.3. The molecule has 0 atom stereocenters. The van der Waals surface area contributed by atoms with Gasteiger partial charge in [0, 0.05) is 25.4 Å². The topological polar surface area (TPSA) is 58.6 Å². The molecule has 0 unspecified atom stereocenters. The van der Waals surface area contributed by atoms with Crippen LogP contribution in [-0.4, -0.2) is 9.55 Å². The predicted octanol–water partition coefficient (Wildman–Crippen LogP) is 13.7. The maximum atomic E-state index is 10.3. The second kappa shape index (κ2) is 17.4. The first-order valence-electron chi connectivity index (χ1n) is 24.7. The van der Waals surface area contributed by atoms with Crippen molar-refractivity contribution in [3.05, 3.63) is 186 Å². The van der Waals surface area contributed by atoms with Crippen molar-refractivity contribution in [2.45, 2.75) is 53.2 Å². The molecule has 0 fully saturated rings. The van der Waals surface area contributed by atoms with Crippen LogP contribution in [0.2, 0.25) is 0 Å². The first kappa shape index (κ1) is 32.1. The van der Waals surface area contributed by atoms with E-state index >= 15 is 0 Å². The minimum Gasteiger partial charge on any atom is -0.500 e. The summed E-state index contributed by atoms with van der Waals surface area (Å²) in [4.78, 5) is 4.67. The maximum Gasteiger partial charge on any atom is 3.00 e. The van der Waals surface area contributed by atoms with E-state index in [0.717, 1.165) is 44.2 Å². The molecule has 0 bridgehead atoms. The van der Waals surface area contributed by atoms with Crippen LogP contribution in [0, 0.1) is 43.5 Å². The minimum atomic E-state index is -2.51. The van der Waals surface area contributed by atoms with Crippen LogP contribution in [0.1, 0.15) is 79.7 Å². The largest absolute Gasteiger partial charge is 3.00 e. The number of hydrogen-bond donors (Lipinski definition) is 0. The van der Waals surface area contributed by atoms with Gasteiger partial charge >= 0.3 is 20.1 Å². The number of hydrogen-bond acceptors (Lipinski definition) is 3. The molecule has 0 aliphatic rings. The van der Waals surface area contributed by atoms with Crippen molar-refractivity contribution >= 4 is 43.7 Å². The molecule has 0 saturated carbocycles. The number of pyridine rings is 1. The fraction of sp³-hybridized carbons (Fsp3) is 0.161. The van der Waals surface area contributed by atoms with Gasteiger partial charge in [-0.3, -0.25) is 0 Å². The summed E-state index contributed by atoms with van der Waals surface area (Å²) in [5.41, 5.74) is 8.88. The van der Waals surface area contributed by atoms with Gasteiger partial charge in [-0.1, -0.05) is 142 Å². The average molecular weight is 992 g/mol. The first-order valence-corrected chi connectivity index (χ1v) is 20.2. The van der Waals surface area contributed by atoms with Gasteiger partial charge in [-0.15, -0.1) is 17.7 Å². The van der Waals surface area contributed by atoms with E-state index < -0.39 is 20.7 Å². The number of fused-ring (bicyclic) bond motifs is 5. The van der Waals surface area contributed by atoms with Crippen LogP contribution in [0.15, 0.2) is 144 Å². The molecule has 10 aromatic rings. The van der Waals surface area contributed by atoms with Crippen molar-refractivity contribution in [1.29, 1.82) is 5.26 Å². The summed E-state index contributed by atoms with van der Waals surface area (Å²) >= 11 is 0. The van der Waals surface area contributed by atoms with Crippen LogP contribution in [0.25, 0.3) is 82.9 Å². The normalized spacial score (nSPS) is 14.0. The van der Waals surface area contributed by atoms with Gasteiger partial charge < -0.3 is 18.5 Å². The number of aromatic nitrogens is 3. The molecule has 10 rings (SSSR count). The minimum absolute atomic E-state index is 0. The number of rotatable bonds is 6. The third kappa shape index (κ3) is 7.53. The van der Waals surface area contributed by atoms with Gasteiger partial charge in [0.25, 0.3) is 0 Å². The van der Waals surface area contributed by atoms with Crippen molar-refractivity contribution < 1.29 is 41.4 Å². The summed E-state index contributed by atoms with van der Waals surface area (Å²) in [6, 6.07) is 49.8. The van der Waals surface area contributed by atoms with Gasteiger partial charge in [0.1, 0.15) is 5.58 Å². The third-order valence-corrected chi connectivity index (χ3v) is 11.2. The van der Waals surface area contributed by atoms with Gasteiger partial charge in [0.2, 0.25) is 6.33 Å². The molecular formula is C56H46IrN4O+. The summed E-state index contributed by atoms with van der Waals surface area (Å²) in [5.74, 6) is 0.213. The van der Waals surface area contributed by atoms with E-state index in [2.05, 4.69) is 57.2 Å². The van der Waals surface area contributed by atoms with Gasteiger partial charge in [-0.05, 0) is 80.7 Å². The second-order valence-corrected chi connectivity index (χ2v) is 15.7. The summed E-state index contributed by atoms with van der Waals surface area (Å²) in [5, 5.41) is 13.2. The van der Waals surface area contributed by atoms with Crippen LogP contribution < -0.4 is 4.57 Å². The van der Waals surface area contributed by atoms with E-state index in [1.165, 1.54) is 16.8 Å². The van der Waals surface area contributed by atoms with E-state index in [0.29, 0.717) is 49.8 Å². The van der Waals surface area contributed by atoms with E-state index in [4.69, 9.17) is 16.8 Å². The van der Waals surface area contributed by atoms with E-state index in [1.807, 2.05) is 97.1 Å². The molecule has 0 N–H and O–H groups in total. The van der Waals surface area contributed by atoms with E-state index in [1.54, 1.807) is 34.9 Å². The quantitative estimate of drug-likeness (QED) is 0.123. The van der Waals surface area contributed by atoms with Crippen molar-refractivity contribution in [2.75, 3.05) is 0 Å². The van der Waals surface area contributed by atoms with Crippen molar-refractivity contribution in [1.82, 2.24) is 9.55 Å². The molecule has 5 nitrogen and oxygen atoms in total. The Bertz CT molecular complexity index is 3630. The van der Waals surface area contributed by atoms with Gasteiger partial charge in [-0.2, -0.15) is 35.6 Å². The smallest absolute Gasteiger partial charge is 0.500 e.